The maximum atomic E-state index is 11.4. The van der Waals surface area contributed by atoms with Crippen molar-refractivity contribution in [3.63, 3.8) is 0 Å². The smallest absolute Gasteiger partial charge is 0.407 e. The summed E-state index contributed by atoms with van der Waals surface area (Å²) in [5.41, 5.74) is 1.14. The molecule has 1 N–H and O–H groups in total. The van der Waals surface area contributed by atoms with E-state index < -0.39 is 11.9 Å². The fourth-order valence-electron chi connectivity index (χ4n) is 3.12. The first-order valence-corrected chi connectivity index (χ1v) is 7.00. The Balaban J connectivity index is 1.77. The minimum Gasteiger partial charge on any atom is -0.465 e. The molecule has 0 bridgehead atoms. The first-order chi connectivity index (χ1) is 9.69. The van der Waals surface area contributed by atoms with Crippen LogP contribution in [0.4, 0.5) is 4.79 Å². The van der Waals surface area contributed by atoms with Crippen LogP contribution in [0.1, 0.15) is 18.4 Å². The molecule has 0 saturated carbocycles. The van der Waals surface area contributed by atoms with Crippen molar-refractivity contribution in [2.45, 2.75) is 31.1 Å². The van der Waals surface area contributed by atoms with Gasteiger partial charge in [0.1, 0.15) is 0 Å². The van der Waals surface area contributed by atoms with Gasteiger partial charge in [-0.25, -0.2) is 4.79 Å². The van der Waals surface area contributed by atoms with Crippen molar-refractivity contribution in [1.82, 2.24) is 4.90 Å². The van der Waals surface area contributed by atoms with Crippen LogP contribution in [-0.2, 0) is 15.9 Å². The van der Waals surface area contributed by atoms with Crippen molar-refractivity contribution in [2.24, 2.45) is 0 Å². The summed E-state index contributed by atoms with van der Waals surface area (Å²) in [6.45, 7) is 1.67. The van der Waals surface area contributed by atoms with Crippen LogP contribution in [0.25, 0.3) is 0 Å². The summed E-state index contributed by atoms with van der Waals surface area (Å²) in [5, 5.41) is 9.36. The van der Waals surface area contributed by atoms with Gasteiger partial charge >= 0.3 is 6.09 Å². The van der Waals surface area contributed by atoms with Crippen LogP contribution in [-0.4, -0.2) is 47.7 Å². The molecule has 1 aromatic carbocycles. The molecule has 1 atom stereocenters. The molecular formula is C15H19NO4. The highest BCUT2D eigenvalue weighted by Crippen LogP contribution is 2.35. The lowest BCUT2D eigenvalue weighted by atomic mass is 9.91. The summed E-state index contributed by atoms with van der Waals surface area (Å²) < 4.78 is 11.5. The van der Waals surface area contributed by atoms with E-state index in [1.807, 2.05) is 30.3 Å². The van der Waals surface area contributed by atoms with Gasteiger partial charge in [-0.2, -0.15) is 0 Å². The zero-order valence-electron chi connectivity index (χ0n) is 11.3. The van der Waals surface area contributed by atoms with Crippen LogP contribution in [0.3, 0.4) is 0 Å². The van der Waals surface area contributed by atoms with Crippen LogP contribution < -0.4 is 0 Å². The number of carbonyl (C=O) groups is 1. The fourth-order valence-corrected chi connectivity index (χ4v) is 3.12. The molecule has 2 aliphatic rings. The van der Waals surface area contributed by atoms with Crippen LogP contribution in [0.5, 0.6) is 0 Å². The van der Waals surface area contributed by atoms with Gasteiger partial charge < -0.3 is 19.5 Å². The maximum absolute atomic E-state index is 11.4. The average molecular weight is 277 g/mol. The second-order valence-corrected chi connectivity index (χ2v) is 5.38. The lowest BCUT2D eigenvalue weighted by Gasteiger charge is -2.42. The second-order valence-electron chi connectivity index (χ2n) is 5.38. The van der Waals surface area contributed by atoms with E-state index in [1.165, 1.54) is 4.90 Å². The monoisotopic (exact) mass is 277 g/mol. The molecule has 2 heterocycles. The van der Waals surface area contributed by atoms with Gasteiger partial charge in [-0.05, 0) is 12.0 Å². The molecule has 1 amide bonds. The van der Waals surface area contributed by atoms with Gasteiger partial charge in [-0.1, -0.05) is 30.3 Å². The van der Waals surface area contributed by atoms with Gasteiger partial charge in [-0.15, -0.1) is 0 Å². The van der Waals surface area contributed by atoms with Crippen molar-refractivity contribution < 1.29 is 19.4 Å². The third-order valence-corrected chi connectivity index (χ3v) is 4.09. The number of rotatable bonds is 2. The number of ether oxygens (including phenoxy) is 2. The number of likely N-dealkylation sites (tertiary alicyclic amines) is 1. The molecule has 2 saturated heterocycles. The number of hydrogen-bond donors (Lipinski definition) is 1. The maximum Gasteiger partial charge on any atom is 0.407 e. The standard InChI is InChI=1S/C15H19NO4/c17-14(18)16-7-6-15(19-8-9-20-15)11-13(16)10-12-4-2-1-3-5-12/h1-5,13H,6-11H2,(H,17,18). The van der Waals surface area contributed by atoms with E-state index in [4.69, 9.17) is 9.47 Å². The van der Waals surface area contributed by atoms with Crippen LogP contribution >= 0.6 is 0 Å². The Hall–Kier alpha value is -1.59. The Bertz CT molecular complexity index is 470. The Labute approximate surface area is 118 Å². The molecule has 0 radical (unpaired) electrons. The van der Waals surface area contributed by atoms with Gasteiger partial charge in [0.15, 0.2) is 5.79 Å². The van der Waals surface area contributed by atoms with Gasteiger partial charge in [0.25, 0.3) is 0 Å². The Morgan fingerprint density at radius 3 is 2.65 bits per heavy atom. The zero-order valence-corrected chi connectivity index (χ0v) is 11.3. The van der Waals surface area contributed by atoms with E-state index in [-0.39, 0.29) is 6.04 Å². The predicted octanol–water partition coefficient (Wildman–Crippen LogP) is 2.11. The fraction of sp³-hybridized carbons (Fsp3) is 0.533. The summed E-state index contributed by atoms with van der Waals surface area (Å²) in [6, 6.07) is 9.87. The summed E-state index contributed by atoms with van der Waals surface area (Å²) in [5.74, 6) is -0.564. The molecule has 2 aliphatic heterocycles. The number of piperidine rings is 1. The van der Waals surface area contributed by atoms with Crippen LogP contribution in [0, 0.1) is 0 Å². The van der Waals surface area contributed by atoms with Crippen LogP contribution in [0.2, 0.25) is 0 Å². The minimum absolute atomic E-state index is 0.0956. The topological polar surface area (TPSA) is 59.0 Å². The van der Waals surface area contributed by atoms with E-state index in [9.17, 15) is 9.90 Å². The largest absolute Gasteiger partial charge is 0.465 e. The minimum atomic E-state index is -0.862. The highest BCUT2D eigenvalue weighted by molar-refractivity contribution is 5.65. The summed E-state index contributed by atoms with van der Waals surface area (Å²) in [4.78, 5) is 12.9. The van der Waals surface area contributed by atoms with E-state index in [2.05, 4.69) is 0 Å². The van der Waals surface area contributed by atoms with E-state index in [0.29, 0.717) is 39.0 Å². The first kappa shape index (κ1) is 13.4. The molecule has 1 unspecified atom stereocenters. The number of carboxylic acid groups (broad SMARTS) is 1. The third-order valence-electron chi connectivity index (χ3n) is 4.09. The molecule has 0 aliphatic carbocycles. The highest BCUT2D eigenvalue weighted by atomic mass is 16.7. The molecule has 5 heteroatoms. The van der Waals surface area contributed by atoms with E-state index >= 15 is 0 Å². The van der Waals surface area contributed by atoms with Crippen molar-refractivity contribution in [1.29, 1.82) is 0 Å². The van der Waals surface area contributed by atoms with Crippen molar-refractivity contribution in [3.05, 3.63) is 35.9 Å². The Morgan fingerprint density at radius 2 is 2.00 bits per heavy atom. The first-order valence-electron chi connectivity index (χ1n) is 7.00. The number of amides is 1. The molecule has 2 fully saturated rings. The Kier molecular flexibility index (Phi) is 3.63. The average Bonchev–Trinajstić information content (AvgIpc) is 2.88. The lowest BCUT2D eigenvalue weighted by Crippen LogP contribution is -2.53. The van der Waals surface area contributed by atoms with Gasteiger partial charge in [0.2, 0.25) is 0 Å². The third kappa shape index (κ3) is 2.64. The summed E-state index contributed by atoms with van der Waals surface area (Å²) in [6.07, 6.45) is 1.05. The highest BCUT2D eigenvalue weighted by Gasteiger charge is 2.45. The molecule has 20 heavy (non-hydrogen) atoms. The number of hydrogen-bond acceptors (Lipinski definition) is 3. The van der Waals surface area contributed by atoms with E-state index in [0.717, 1.165) is 5.56 Å². The lowest BCUT2D eigenvalue weighted by molar-refractivity contribution is -0.192. The Morgan fingerprint density at radius 1 is 1.30 bits per heavy atom. The quantitative estimate of drug-likeness (QED) is 0.899. The van der Waals surface area contributed by atoms with Crippen molar-refractivity contribution in [2.75, 3.05) is 19.8 Å². The number of nitrogens with zero attached hydrogens (tertiary/aromatic N) is 1. The SMILES string of the molecule is O=C(O)N1CCC2(CC1Cc1ccccc1)OCCO2. The van der Waals surface area contributed by atoms with Gasteiger partial charge in [0, 0.05) is 25.4 Å². The van der Waals surface area contributed by atoms with Gasteiger partial charge in [-0.3, -0.25) is 0 Å². The predicted molar refractivity (Wildman–Crippen MR) is 72.5 cm³/mol. The molecule has 3 rings (SSSR count). The normalized spacial score (nSPS) is 25.0. The molecule has 108 valence electrons. The number of benzene rings is 1. The van der Waals surface area contributed by atoms with E-state index in [1.54, 1.807) is 0 Å². The molecular weight excluding hydrogens is 258 g/mol. The van der Waals surface area contributed by atoms with Crippen molar-refractivity contribution >= 4 is 6.09 Å². The molecule has 5 nitrogen and oxygen atoms in total. The second kappa shape index (κ2) is 5.42. The molecule has 1 aromatic rings. The summed E-state index contributed by atoms with van der Waals surface area (Å²) >= 11 is 0. The summed E-state index contributed by atoms with van der Waals surface area (Å²) in [7, 11) is 0. The van der Waals surface area contributed by atoms with Crippen LogP contribution in [0.15, 0.2) is 30.3 Å². The molecule has 1 spiro atoms. The molecule has 0 aromatic heterocycles. The zero-order chi connectivity index (χ0) is 14.0. The van der Waals surface area contributed by atoms with Crippen molar-refractivity contribution in [3.8, 4) is 0 Å². The van der Waals surface area contributed by atoms with Gasteiger partial charge in [0.05, 0.1) is 13.2 Å².